The van der Waals surface area contributed by atoms with Gasteiger partial charge in [-0.05, 0) is 17.7 Å². The second-order valence-corrected chi connectivity index (χ2v) is 7.18. The molecule has 0 aromatic heterocycles. The molecule has 2 aromatic rings. The first-order chi connectivity index (χ1) is 14.5. The van der Waals surface area contributed by atoms with Crippen LogP contribution in [-0.4, -0.2) is 66.1 Å². The van der Waals surface area contributed by atoms with Crippen LogP contribution in [-0.2, 0) is 9.59 Å². The van der Waals surface area contributed by atoms with Gasteiger partial charge in [0.2, 0.25) is 0 Å². The van der Waals surface area contributed by atoms with Crippen molar-refractivity contribution >= 4 is 23.1 Å². The van der Waals surface area contributed by atoms with E-state index in [2.05, 4.69) is 4.90 Å². The molecule has 0 spiro atoms. The molecule has 0 bridgehead atoms. The summed E-state index contributed by atoms with van der Waals surface area (Å²) in [6.07, 6.45) is 0. The van der Waals surface area contributed by atoms with Gasteiger partial charge >= 0.3 is 0 Å². The van der Waals surface area contributed by atoms with Gasteiger partial charge in [-0.1, -0.05) is 30.3 Å². The van der Waals surface area contributed by atoms with E-state index in [9.17, 15) is 18.4 Å². The highest BCUT2D eigenvalue weighted by Gasteiger charge is 2.44. The average Bonchev–Trinajstić information content (AvgIpc) is 3.01. The molecule has 1 fully saturated rings. The van der Waals surface area contributed by atoms with Gasteiger partial charge in [0, 0.05) is 38.8 Å². The topological polar surface area (TPSA) is 64.1 Å². The van der Waals surface area contributed by atoms with Crippen LogP contribution in [0.1, 0.15) is 5.56 Å². The number of aliphatic hydroxyl groups is 1. The fraction of sp³-hybridized carbons (Fsp3) is 0.273. The third-order valence-electron chi connectivity index (χ3n) is 5.38. The van der Waals surface area contributed by atoms with Crippen LogP contribution in [0.5, 0.6) is 0 Å². The fourth-order valence-corrected chi connectivity index (χ4v) is 3.89. The molecule has 30 heavy (non-hydrogen) atoms. The van der Waals surface area contributed by atoms with Gasteiger partial charge in [0.05, 0.1) is 17.9 Å². The number of anilines is 1. The van der Waals surface area contributed by atoms with Gasteiger partial charge in [-0.3, -0.25) is 14.5 Å². The summed E-state index contributed by atoms with van der Waals surface area (Å²) in [5.41, 5.74) is 0.522. The molecule has 2 aliphatic heterocycles. The first kappa shape index (κ1) is 20.2. The number of carbonyl (C=O) groups excluding carboxylic acids is 2. The minimum Gasteiger partial charge on any atom is -0.395 e. The Morgan fingerprint density at radius 3 is 2.27 bits per heavy atom. The van der Waals surface area contributed by atoms with Crippen molar-refractivity contribution in [1.29, 1.82) is 0 Å². The van der Waals surface area contributed by atoms with E-state index >= 15 is 0 Å². The van der Waals surface area contributed by atoms with Crippen LogP contribution in [0.3, 0.4) is 0 Å². The summed E-state index contributed by atoms with van der Waals surface area (Å²) in [6, 6.07) is 11.4. The smallest absolute Gasteiger partial charge is 0.282 e. The summed E-state index contributed by atoms with van der Waals surface area (Å²) in [4.78, 5) is 31.2. The molecule has 0 aliphatic carbocycles. The fourth-order valence-electron chi connectivity index (χ4n) is 3.89. The summed E-state index contributed by atoms with van der Waals surface area (Å²) in [6.45, 7) is 2.76. The predicted molar refractivity (Wildman–Crippen MR) is 107 cm³/mol. The third kappa shape index (κ3) is 3.59. The van der Waals surface area contributed by atoms with Gasteiger partial charge in [-0.25, -0.2) is 13.7 Å². The summed E-state index contributed by atoms with van der Waals surface area (Å²) in [5.74, 6) is -2.93. The van der Waals surface area contributed by atoms with Crippen molar-refractivity contribution < 1.29 is 23.5 Å². The van der Waals surface area contributed by atoms with Gasteiger partial charge in [0.15, 0.2) is 0 Å². The second-order valence-electron chi connectivity index (χ2n) is 7.18. The normalized spacial score (nSPS) is 18.0. The van der Waals surface area contributed by atoms with Gasteiger partial charge in [-0.15, -0.1) is 0 Å². The highest BCUT2D eigenvalue weighted by Crippen LogP contribution is 2.36. The first-order valence-corrected chi connectivity index (χ1v) is 9.73. The summed E-state index contributed by atoms with van der Waals surface area (Å²) in [5, 5.41) is 9.14. The van der Waals surface area contributed by atoms with E-state index in [-0.39, 0.29) is 17.9 Å². The molecule has 0 saturated carbocycles. The molecular weight excluding hydrogens is 392 g/mol. The lowest BCUT2D eigenvalue weighted by Gasteiger charge is -2.36. The maximum absolute atomic E-state index is 14.4. The SMILES string of the molecule is O=C1C(c2ccccc2)=C(N2CCN(CCO)CC2)C(=O)N1c1cc(F)ccc1F. The minimum absolute atomic E-state index is 0.0437. The van der Waals surface area contributed by atoms with Crippen LogP contribution >= 0.6 is 0 Å². The molecule has 2 heterocycles. The molecule has 2 aromatic carbocycles. The van der Waals surface area contributed by atoms with Crippen molar-refractivity contribution in [2.45, 2.75) is 0 Å². The Morgan fingerprint density at radius 2 is 1.60 bits per heavy atom. The van der Waals surface area contributed by atoms with Crippen LogP contribution < -0.4 is 4.90 Å². The number of benzene rings is 2. The minimum atomic E-state index is -0.848. The Hall–Kier alpha value is -3.10. The number of hydrogen-bond donors (Lipinski definition) is 1. The molecule has 2 amide bonds. The number of nitrogens with zero attached hydrogens (tertiary/aromatic N) is 3. The third-order valence-corrected chi connectivity index (χ3v) is 5.38. The molecule has 156 valence electrons. The van der Waals surface area contributed by atoms with E-state index in [4.69, 9.17) is 5.11 Å². The van der Waals surface area contributed by atoms with Crippen molar-refractivity contribution in [2.24, 2.45) is 0 Å². The van der Waals surface area contributed by atoms with Crippen molar-refractivity contribution in [3.63, 3.8) is 0 Å². The van der Waals surface area contributed by atoms with Crippen LogP contribution in [0.25, 0.3) is 5.57 Å². The number of carbonyl (C=O) groups is 2. The highest BCUT2D eigenvalue weighted by molar-refractivity contribution is 6.45. The summed E-state index contributed by atoms with van der Waals surface area (Å²) >= 11 is 0. The lowest BCUT2D eigenvalue weighted by Crippen LogP contribution is -2.48. The number of hydrogen-bond acceptors (Lipinski definition) is 5. The van der Waals surface area contributed by atoms with Gasteiger partial charge in [-0.2, -0.15) is 0 Å². The Labute approximate surface area is 172 Å². The number of piperazine rings is 1. The van der Waals surface area contributed by atoms with Crippen molar-refractivity contribution in [1.82, 2.24) is 9.80 Å². The first-order valence-electron chi connectivity index (χ1n) is 9.73. The molecule has 8 heteroatoms. The molecule has 4 rings (SSSR count). The molecule has 6 nitrogen and oxygen atoms in total. The zero-order valence-corrected chi connectivity index (χ0v) is 16.2. The highest BCUT2D eigenvalue weighted by atomic mass is 19.1. The second kappa shape index (κ2) is 8.33. The number of β-amino-alcohol motifs (C(OH)–C–C–N with tert-alkyl or cyclic N) is 1. The van der Waals surface area contributed by atoms with Crippen LogP contribution in [0, 0.1) is 11.6 Å². The number of halogens is 2. The molecular formula is C22H21F2N3O3. The number of rotatable bonds is 5. The average molecular weight is 413 g/mol. The van der Waals surface area contributed by atoms with Crippen molar-refractivity contribution in [3.8, 4) is 0 Å². The lowest BCUT2D eigenvalue weighted by atomic mass is 10.0. The predicted octanol–water partition coefficient (Wildman–Crippen LogP) is 1.86. The maximum Gasteiger partial charge on any atom is 0.282 e. The van der Waals surface area contributed by atoms with E-state index in [1.807, 2.05) is 4.90 Å². The summed E-state index contributed by atoms with van der Waals surface area (Å²) in [7, 11) is 0. The van der Waals surface area contributed by atoms with Crippen molar-refractivity contribution in [2.75, 3.05) is 44.2 Å². The number of amides is 2. The molecule has 2 aliphatic rings. The molecule has 1 saturated heterocycles. The quantitative estimate of drug-likeness (QED) is 0.759. The molecule has 0 unspecified atom stereocenters. The molecule has 1 N–H and O–H groups in total. The maximum atomic E-state index is 14.4. The molecule has 0 atom stereocenters. The lowest BCUT2D eigenvalue weighted by molar-refractivity contribution is -0.120. The zero-order chi connectivity index (χ0) is 21.3. The number of imide groups is 1. The van der Waals surface area contributed by atoms with Crippen molar-refractivity contribution in [3.05, 3.63) is 71.4 Å². The van der Waals surface area contributed by atoms with E-state index in [1.165, 1.54) is 0 Å². The Morgan fingerprint density at radius 1 is 0.900 bits per heavy atom. The van der Waals surface area contributed by atoms with Crippen LogP contribution in [0.2, 0.25) is 0 Å². The monoisotopic (exact) mass is 413 g/mol. The largest absolute Gasteiger partial charge is 0.395 e. The molecule has 0 radical (unpaired) electrons. The van der Waals surface area contributed by atoms with E-state index < -0.39 is 29.1 Å². The van der Waals surface area contributed by atoms with Crippen LogP contribution in [0.4, 0.5) is 14.5 Å². The van der Waals surface area contributed by atoms with Gasteiger partial charge in [0.25, 0.3) is 11.8 Å². The Kier molecular flexibility index (Phi) is 5.61. The Bertz CT molecular complexity index is 1000. The van der Waals surface area contributed by atoms with E-state index in [0.717, 1.165) is 23.1 Å². The Balaban J connectivity index is 1.75. The zero-order valence-electron chi connectivity index (χ0n) is 16.2. The van der Waals surface area contributed by atoms with Crippen LogP contribution in [0.15, 0.2) is 54.2 Å². The van der Waals surface area contributed by atoms with Gasteiger partial charge in [0.1, 0.15) is 17.3 Å². The standard InChI is InChI=1S/C22H21F2N3O3/c23-16-6-7-17(24)18(14-16)27-21(29)19(15-4-2-1-3-5-15)20(22(27)30)26-10-8-25(9-11-26)12-13-28/h1-7,14,28H,8-13H2. The van der Waals surface area contributed by atoms with Gasteiger partial charge < -0.3 is 10.0 Å². The summed E-state index contributed by atoms with van der Waals surface area (Å²) < 4.78 is 28.2. The van der Waals surface area contributed by atoms with E-state index in [0.29, 0.717) is 38.3 Å². The van der Waals surface area contributed by atoms with E-state index in [1.54, 1.807) is 30.3 Å². The number of aliphatic hydroxyl groups excluding tert-OH is 1.